The monoisotopic (exact) mass is 369 g/mol. The first-order valence-corrected chi connectivity index (χ1v) is 8.92. The Bertz CT molecular complexity index is 560. The molecular formula is C16H17BrClNS. The highest BCUT2D eigenvalue weighted by atomic mass is 79.9. The van der Waals surface area contributed by atoms with Crippen LogP contribution in [0.1, 0.15) is 29.2 Å². The average Bonchev–Trinajstić information content (AvgIpc) is 2.80. The van der Waals surface area contributed by atoms with E-state index in [4.69, 9.17) is 11.6 Å². The van der Waals surface area contributed by atoms with E-state index < -0.39 is 0 Å². The smallest absolute Gasteiger partial charge is 0.0701 e. The molecule has 2 aromatic rings. The first kappa shape index (κ1) is 14.6. The topological polar surface area (TPSA) is 12.0 Å². The van der Waals surface area contributed by atoms with Crippen LogP contribution in [0.3, 0.4) is 0 Å². The number of hydrogen-bond acceptors (Lipinski definition) is 2. The number of nitrogens with one attached hydrogen (secondary N) is 1. The predicted octanol–water partition coefficient (Wildman–Crippen LogP) is 5.24. The van der Waals surface area contributed by atoms with Crippen LogP contribution in [0.15, 0.2) is 40.2 Å². The second kappa shape index (κ2) is 6.61. The summed E-state index contributed by atoms with van der Waals surface area (Å²) in [6, 6.07) is 13.3. The summed E-state index contributed by atoms with van der Waals surface area (Å²) >= 11 is 11.3. The highest BCUT2D eigenvalue weighted by Crippen LogP contribution is 2.37. The number of halogens is 2. The van der Waals surface area contributed by atoms with Gasteiger partial charge in [-0.05, 0) is 70.9 Å². The maximum atomic E-state index is 5.92. The van der Waals surface area contributed by atoms with Gasteiger partial charge in [0.05, 0.1) is 3.79 Å². The van der Waals surface area contributed by atoms with E-state index in [9.17, 15) is 0 Å². The Labute approximate surface area is 137 Å². The number of hydrogen-bond donors (Lipinski definition) is 1. The Morgan fingerprint density at radius 3 is 2.55 bits per heavy atom. The minimum absolute atomic E-state index is 0.680. The van der Waals surface area contributed by atoms with Crippen LogP contribution >= 0.6 is 38.9 Å². The Hall–Kier alpha value is -0.350. The van der Waals surface area contributed by atoms with E-state index in [2.05, 4.69) is 45.5 Å². The van der Waals surface area contributed by atoms with Gasteiger partial charge in [-0.2, -0.15) is 0 Å². The highest BCUT2D eigenvalue weighted by Gasteiger charge is 2.29. The van der Waals surface area contributed by atoms with Gasteiger partial charge in [-0.3, -0.25) is 0 Å². The summed E-state index contributed by atoms with van der Waals surface area (Å²) in [5, 5.41) is 4.48. The van der Waals surface area contributed by atoms with Gasteiger partial charge in [-0.25, -0.2) is 0 Å². The standard InChI is InChI=1S/C16H17BrClNS/c17-16-6-5-15(20-16)7-8-19-14-9-12(10-14)11-1-3-13(18)4-2-11/h1-6,12,14,19H,7-10H2. The summed E-state index contributed by atoms with van der Waals surface area (Å²) in [6.45, 7) is 1.07. The van der Waals surface area contributed by atoms with Crippen LogP contribution in [0.2, 0.25) is 5.02 Å². The molecule has 20 heavy (non-hydrogen) atoms. The van der Waals surface area contributed by atoms with Gasteiger partial charge in [0, 0.05) is 22.5 Å². The molecule has 1 heterocycles. The third-order valence-corrected chi connectivity index (χ3v) is 5.85. The summed E-state index contributed by atoms with van der Waals surface area (Å²) in [7, 11) is 0. The molecule has 1 N–H and O–H groups in total. The molecule has 106 valence electrons. The van der Waals surface area contributed by atoms with Crippen LogP contribution in [0.25, 0.3) is 0 Å². The summed E-state index contributed by atoms with van der Waals surface area (Å²) in [5.74, 6) is 0.709. The van der Waals surface area contributed by atoms with E-state index >= 15 is 0 Å². The largest absolute Gasteiger partial charge is 0.314 e. The molecule has 0 saturated heterocycles. The molecule has 1 saturated carbocycles. The minimum atomic E-state index is 0.680. The number of rotatable bonds is 5. The van der Waals surface area contributed by atoms with Crippen LogP contribution in [0, 0.1) is 0 Å². The van der Waals surface area contributed by atoms with Crippen molar-refractivity contribution in [3.63, 3.8) is 0 Å². The maximum Gasteiger partial charge on any atom is 0.0701 e. The molecule has 1 aliphatic carbocycles. The van der Waals surface area contributed by atoms with Crippen molar-refractivity contribution in [2.75, 3.05) is 6.54 Å². The lowest BCUT2D eigenvalue weighted by molar-refractivity contribution is 0.293. The molecule has 0 bridgehead atoms. The highest BCUT2D eigenvalue weighted by molar-refractivity contribution is 9.11. The van der Waals surface area contributed by atoms with Gasteiger partial charge in [-0.15, -0.1) is 11.3 Å². The summed E-state index contributed by atoms with van der Waals surface area (Å²) in [6.07, 6.45) is 3.61. The minimum Gasteiger partial charge on any atom is -0.314 e. The predicted molar refractivity (Wildman–Crippen MR) is 90.9 cm³/mol. The molecule has 0 spiro atoms. The molecule has 1 fully saturated rings. The van der Waals surface area contributed by atoms with E-state index in [1.54, 1.807) is 0 Å². The van der Waals surface area contributed by atoms with Crippen LogP contribution in [0.4, 0.5) is 0 Å². The maximum absolute atomic E-state index is 5.92. The lowest BCUT2D eigenvalue weighted by Gasteiger charge is -2.36. The molecule has 3 rings (SSSR count). The van der Waals surface area contributed by atoms with Crippen molar-refractivity contribution in [3.8, 4) is 0 Å². The second-order valence-electron chi connectivity index (χ2n) is 5.33. The zero-order chi connectivity index (χ0) is 13.9. The first-order valence-electron chi connectivity index (χ1n) is 6.94. The summed E-state index contributed by atoms with van der Waals surface area (Å²) in [5.41, 5.74) is 1.43. The van der Waals surface area contributed by atoms with Gasteiger partial charge >= 0.3 is 0 Å². The lowest BCUT2D eigenvalue weighted by Crippen LogP contribution is -2.40. The normalized spacial score (nSPS) is 21.7. The lowest BCUT2D eigenvalue weighted by atomic mass is 9.76. The van der Waals surface area contributed by atoms with Crippen molar-refractivity contribution in [2.45, 2.75) is 31.2 Å². The van der Waals surface area contributed by atoms with E-state index in [0.29, 0.717) is 12.0 Å². The first-order chi connectivity index (χ1) is 9.70. The molecule has 1 aromatic carbocycles. The zero-order valence-electron chi connectivity index (χ0n) is 11.1. The van der Waals surface area contributed by atoms with Crippen LogP contribution in [-0.4, -0.2) is 12.6 Å². The summed E-state index contributed by atoms with van der Waals surface area (Å²) in [4.78, 5) is 1.44. The third-order valence-electron chi connectivity index (χ3n) is 3.91. The molecule has 0 unspecified atom stereocenters. The van der Waals surface area contributed by atoms with Gasteiger partial charge in [-0.1, -0.05) is 23.7 Å². The second-order valence-corrected chi connectivity index (χ2v) is 8.31. The van der Waals surface area contributed by atoms with Gasteiger partial charge < -0.3 is 5.32 Å². The molecule has 0 atom stereocenters. The van der Waals surface area contributed by atoms with Crippen molar-refractivity contribution in [3.05, 3.63) is 55.6 Å². The Balaban J connectivity index is 1.39. The van der Waals surface area contributed by atoms with Crippen molar-refractivity contribution < 1.29 is 0 Å². The van der Waals surface area contributed by atoms with Crippen LogP contribution in [0.5, 0.6) is 0 Å². The van der Waals surface area contributed by atoms with Crippen molar-refractivity contribution in [1.82, 2.24) is 5.32 Å². The quantitative estimate of drug-likeness (QED) is 0.758. The molecule has 0 amide bonds. The van der Waals surface area contributed by atoms with Crippen molar-refractivity contribution >= 4 is 38.9 Å². The molecule has 0 aliphatic heterocycles. The van der Waals surface area contributed by atoms with Crippen LogP contribution in [-0.2, 0) is 6.42 Å². The Morgan fingerprint density at radius 1 is 1.15 bits per heavy atom. The van der Waals surface area contributed by atoms with Gasteiger partial charge in [0.25, 0.3) is 0 Å². The number of benzene rings is 1. The number of thiophene rings is 1. The fourth-order valence-corrected chi connectivity index (χ4v) is 4.29. The van der Waals surface area contributed by atoms with E-state index in [0.717, 1.165) is 18.0 Å². The Morgan fingerprint density at radius 2 is 1.90 bits per heavy atom. The zero-order valence-corrected chi connectivity index (χ0v) is 14.3. The fraction of sp³-hybridized carbons (Fsp3) is 0.375. The third kappa shape index (κ3) is 3.64. The van der Waals surface area contributed by atoms with E-state index in [1.807, 2.05) is 23.5 Å². The average molecular weight is 371 g/mol. The van der Waals surface area contributed by atoms with Crippen LogP contribution < -0.4 is 5.32 Å². The molecule has 1 aliphatic rings. The van der Waals surface area contributed by atoms with Crippen molar-refractivity contribution in [1.29, 1.82) is 0 Å². The molecule has 4 heteroatoms. The molecule has 1 aromatic heterocycles. The van der Waals surface area contributed by atoms with Crippen molar-refractivity contribution in [2.24, 2.45) is 0 Å². The molecular weight excluding hydrogens is 354 g/mol. The SMILES string of the molecule is Clc1ccc(C2CC(NCCc3ccc(Br)s3)C2)cc1. The summed E-state index contributed by atoms with van der Waals surface area (Å²) < 4.78 is 1.22. The Kier molecular flexibility index (Phi) is 4.82. The van der Waals surface area contributed by atoms with Gasteiger partial charge in [0.2, 0.25) is 0 Å². The fourth-order valence-electron chi connectivity index (χ4n) is 2.68. The molecule has 0 radical (unpaired) electrons. The molecule has 1 nitrogen and oxygen atoms in total. The van der Waals surface area contributed by atoms with Gasteiger partial charge in [0.15, 0.2) is 0 Å². The van der Waals surface area contributed by atoms with E-state index in [-0.39, 0.29) is 0 Å². The van der Waals surface area contributed by atoms with E-state index in [1.165, 1.54) is 27.1 Å². The van der Waals surface area contributed by atoms with Gasteiger partial charge in [0.1, 0.15) is 0 Å².